The van der Waals surface area contributed by atoms with E-state index in [0.29, 0.717) is 98.7 Å². The van der Waals surface area contributed by atoms with Crippen molar-refractivity contribution in [2.45, 2.75) is 103 Å². The van der Waals surface area contributed by atoms with Crippen LogP contribution in [-0.4, -0.2) is 176 Å². The van der Waals surface area contributed by atoms with Gasteiger partial charge in [0.15, 0.2) is 11.6 Å². The van der Waals surface area contributed by atoms with Crippen LogP contribution in [0.3, 0.4) is 0 Å². The Morgan fingerprint density at radius 2 is 1.47 bits per heavy atom. The predicted octanol–water partition coefficient (Wildman–Crippen LogP) is 7.06. The third-order valence-electron chi connectivity index (χ3n) is 16.6. The molecule has 4 aromatic carbocycles. The van der Waals surface area contributed by atoms with Crippen molar-refractivity contribution in [1.29, 1.82) is 0 Å². The molecule has 0 aliphatic carbocycles. The molecule has 7 N–H and O–H groups in total. The Bertz CT molecular complexity index is 3510. The molecule has 0 spiro atoms. The van der Waals surface area contributed by atoms with Crippen LogP contribution in [0.2, 0.25) is 0 Å². The van der Waals surface area contributed by atoms with Crippen molar-refractivity contribution < 1.29 is 62.2 Å². The number of ether oxygens (including phenoxy) is 2. The number of alkyl halides is 1. The van der Waals surface area contributed by atoms with Gasteiger partial charge in [-0.15, -0.1) is 0 Å². The number of aromatic amines is 1. The van der Waals surface area contributed by atoms with Crippen LogP contribution in [0.4, 0.5) is 15.3 Å². The number of halogens is 1. The molecule has 24 heteroatoms. The van der Waals surface area contributed by atoms with E-state index in [1.165, 1.54) is 12.2 Å². The Morgan fingerprint density at radius 3 is 2.14 bits per heavy atom. The summed E-state index contributed by atoms with van der Waals surface area (Å²) in [5, 5.41) is 13.8. The lowest BCUT2D eigenvalue weighted by Gasteiger charge is -2.31. The van der Waals surface area contributed by atoms with Crippen molar-refractivity contribution in [3.8, 4) is 5.75 Å². The van der Waals surface area contributed by atoms with Crippen LogP contribution in [0.5, 0.6) is 5.75 Å². The summed E-state index contributed by atoms with van der Waals surface area (Å²) in [5.41, 5.74) is 9.92. The Labute approximate surface area is 544 Å². The van der Waals surface area contributed by atoms with Crippen molar-refractivity contribution >= 4 is 108 Å². The monoisotopic (exact) mass is 1330 g/mol. The number of piperazine rings is 1. The number of rotatable bonds is 31. The zero-order chi connectivity index (χ0) is 66.4. The van der Waals surface area contributed by atoms with Gasteiger partial charge in [-0.3, -0.25) is 48.1 Å². The number of nitrogens with two attached hydrogens (primary N) is 1. The lowest BCUT2D eigenvalue weighted by molar-refractivity contribution is -0.137. The Balaban J connectivity index is 0.000000440. The Kier molecular flexibility index (Phi) is 26.7. The van der Waals surface area contributed by atoms with Gasteiger partial charge in [0, 0.05) is 155 Å². The fourth-order valence-corrected chi connectivity index (χ4v) is 11.8. The topological polar surface area (TPSA) is 309 Å². The summed E-state index contributed by atoms with van der Waals surface area (Å²) in [6.07, 6.45) is 6.20. The number of likely N-dealkylation sites (N-methyl/N-ethyl adjacent to an activating group) is 1. The highest BCUT2D eigenvalue weighted by atomic mass is 79.9. The summed E-state index contributed by atoms with van der Waals surface area (Å²) in [5.74, 6) is -2.08. The highest BCUT2D eigenvalue weighted by molar-refractivity contribution is 9.09. The molecule has 23 nitrogen and oxygen atoms in total. The van der Waals surface area contributed by atoms with Crippen molar-refractivity contribution in [2.75, 3.05) is 89.9 Å². The highest BCUT2D eigenvalue weighted by Gasteiger charge is 2.37. The molecule has 8 rings (SSSR count). The normalized spacial score (nSPS) is 15.2. The molecule has 0 saturated carbocycles. The number of urea groups is 1. The van der Waals surface area contributed by atoms with E-state index in [9.17, 15) is 52.7 Å². The summed E-state index contributed by atoms with van der Waals surface area (Å²) in [4.78, 5) is 147. The zero-order valence-electron chi connectivity index (χ0n) is 53.1. The highest BCUT2D eigenvalue weighted by Crippen LogP contribution is 2.46. The van der Waals surface area contributed by atoms with Gasteiger partial charge in [-0.1, -0.05) is 97.7 Å². The number of hydrogen-bond donors (Lipinski definition) is 6. The van der Waals surface area contributed by atoms with Gasteiger partial charge in [-0.25, -0.2) is 9.59 Å². The molecule has 4 heterocycles. The van der Waals surface area contributed by atoms with E-state index in [4.69, 9.17) is 15.2 Å². The average molecular weight is 1330 g/mol. The number of benzene rings is 4. The van der Waals surface area contributed by atoms with Crippen LogP contribution in [0.1, 0.15) is 122 Å². The standard InChI is InChI=1S/C52H61BrN8O8.C16H24N2O5/c1-31(2)37(16-18-47(64)55-3)49(65)58-41(10-7-19-56-51(54)67)45(63)25-32-11-14-34(15-12-32)44(62)26-33-13-17-40-35(24-33)27-42(57-40)50(66)61-30-36(29-53)48-39-9-6-5-8-38(39)46(28-43(48)61)69-52(68)60-22-20-59(4)21-23-60;1-2-3-4-13(19)8-11-23-12-9-17-14(20)7-10-18-15(21)5-6-16(18)22/h5-6,8-9,11-15,17,24,27-28,31,36-37,41,57H,7,10,16,18-23,25-26,29-30H2,1-4H3,(H,55,64)(H,58,65)(H3,54,56,67);5-6H,2-4,7-12H2,1H3,(H,17,20)/t36-,37+,41+;/m1./s1. The number of imide groups is 1. The van der Waals surface area contributed by atoms with Crippen molar-refractivity contribution in [3.63, 3.8) is 0 Å². The molecule has 0 bridgehead atoms. The van der Waals surface area contributed by atoms with E-state index >= 15 is 0 Å². The summed E-state index contributed by atoms with van der Waals surface area (Å²) in [6, 6.07) is 22.3. The summed E-state index contributed by atoms with van der Waals surface area (Å²) >= 11 is 3.69. The van der Waals surface area contributed by atoms with E-state index in [1.807, 2.05) is 76.3 Å². The maximum absolute atomic E-state index is 14.4. The van der Waals surface area contributed by atoms with E-state index < -0.39 is 24.1 Å². The number of anilines is 1. The second-order valence-electron chi connectivity index (χ2n) is 23.6. The first-order chi connectivity index (χ1) is 44.2. The SMILES string of the molecule is CCCCC(=O)CCOCCNC(=O)CCN1C(=O)C=CC1=O.CNC(=O)CC[C@H](C(=O)N[C@@H](CCCNC(N)=O)C(=O)Cc1ccc(C(=O)Cc2ccc3[nH]c(C(=O)N4C[C@@H](CBr)c5c4cc(OC(=O)N4CCN(C)CC4)c4ccccc54)cc3c2)cc1)C(C)C. The molecule has 3 aliphatic heterocycles. The summed E-state index contributed by atoms with van der Waals surface area (Å²) in [6.45, 7) is 10.2. The largest absolute Gasteiger partial charge is 0.415 e. The van der Waals surface area contributed by atoms with Gasteiger partial charge in [-0.2, -0.15) is 0 Å². The number of hydrogen-bond acceptors (Lipinski definition) is 14. The first-order valence-corrected chi connectivity index (χ1v) is 32.6. The molecule has 92 heavy (non-hydrogen) atoms. The molecule has 0 unspecified atom stereocenters. The van der Waals surface area contributed by atoms with E-state index in [1.54, 1.807) is 47.2 Å². The van der Waals surface area contributed by atoms with Crippen LogP contribution >= 0.6 is 15.9 Å². The van der Waals surface area contributed by atoms with Crippen LogP contribution in [-0.2, 0) is 51.1 Å². The number of ketones is 3. The van der Waals surface area contributed by atoms with E-state index in [0.717, 1.165) is 63.6 Å². The molecule has 492 valence electrons. The number of aromatic nitrogens is 1. The molecular weight excluding hydrogens is 1240 g/mol. The number of nitrogens with zero attached hydrogens (tertiary/aromatic N) is 4. The van der Waals surface area contributed by atoms with Crippen LogP contribution < -0.4 is 36.6 Å². The molecule has 0 radical (unpaired) electrons. The first kappa shape index (κ1) is 70.8. The summed E-state index contributed by atoms with van der Waals surface area (Å²) < 4.78 is 11.4. The third-order valence-corrected chi connectivity index (χ3v) is 17.4. The fraction of sp³-hybridized carbons (Fsp3) is 0.456. The molecule has 3 atom stereocenters. The number of carbonyl (C=O) groups excluding carboxylic acids is 11. The predicted molar refractivity (Wildman–Crippen MR) is 353 cm³/mol. The molecular formula is C68H85BrN10O13. The Morgan fingerprint density at radius 1 is 0.761 bits per heavy atom. The lowest BCUT2D eigenvalue weighted by atomic mass is 9.89. The minimum absolute atomic E-state index is 0.000359. The zero-order valence-corrected chi connectivity index (χ0v) is 54.7. The molecule has 1 fully saturated rings. The maximum atomic E-state index is 14.4. The Hall–Kier alpha value is -8.61. The van der Waals surface area contributed by atoms with Gasteiger partial charge in [0.25, 0.3) is 17.7 Å². The van der Waals surface area contributed by atoms with Gasteiger partial charge in [0.05, 0.1) is 24.9 Å². The molecule has 3 aliphatic rings. The van der Waals surface area contributed by atoms with Gasteiger partial charge < -0.3 is 56.2 Å². The number of unbranched alkanes of at least 4 members (excludes halogenated alkanes) is 1. The quantitative estimate of drug-likeness (QED) is 0.0112. The second kappa shape index (κ2) is 34.7. The van der Waals surface area contributed by atoms with Crippen LogP contribution in [0.15, 0.2) is 91.0 Å². The minimum Gasteiger partial charge on any atom is -0.409 e. The van der Waals surface area contributed by atoms with Gasteiger partial charge >= 0.3 is 12.1 Å². The van der Waals surface area contributed by atoms with Crippen molar-refractivity contribution in [2.24, 2.45) is 17.6 Å². The van der Waals surface area contributed by atoms with Crippen LogP contribution in [0.25, 0.3) is 21.7 Å². The van der Waals surface area contributed by atoms with E-state index in [2.05, 4.69) is 47.1 Å². The maximum Gasteiger partial charge on any atom is 0.415 e. The fourth-order valence-electron chi connectivity index (χ4n) is 11.2. The number of fused-ring (bicyclic) bond motifs is 4. The number of carbonyl (C=O) groups is 11. The lowest BCUT2D eigenvalue weighted by Crippen LogP contribution is -2.48. The van der Waals surface area contributed by atoms with Gasteiger partial charge in [0.2, 0.25) is 17.7 Å². The molecule has 1 saturated heterocycles. The van der Waals surface area contributed by atoms with Crippen molar-refractivity contribution in [3.05, 3.63) is 119 Å². The van der Waals surface area contributed by atoms with Crippen molar-refractivity contribution in [1.82, 2.24) is 41.0 Å². The average Bonchev–Trinajstić information content (AvgIpc) is 1.56. The second-order valence-corrected chi connectivity index (χ2v) is 24.3. The number of primary amides is 1. The van der Waals surface area contributed by atoms with Crippen LogP contribution in [0, 0.1) is 11.8 Å². The summed E-state index contributed by atoms with van der Waals surface area (Å²) in [7, 11) is 3.57. The van der Waals surface area contributed by atoms with E-state index in [-0.39, 0.29) is 110 Å². The number of Topliss-reactive ketones (excluding diaryl/α,β-unsaturated/α-hetero) is 3. The number of H-pyrrole nitrogens is 1. The molecule has 9 amide bonds. The number of nitrogens with one attached hydrogen (secondary N) is 5. The smallest absolute Gasteiger partial charge is 0.409 e. The minimum atomic E-state index is -0.844. The van der Waals surface area contributed by atoms with Gasteiger partial charge in [-0.05, 0) is 78.9 Å². The first-order valence-electron chi connectivity index (χ1n) is 31.5. The molecule has 5 aromatic rings. The third kappa shape index (κ3) is 19.9. The van der Waals surface area contributed by atoms with Gasteiger partial charge in [0.1, 0.15) is 17.2 Å². The number of amides is 9. The molecule has 1 aromatic heterocycles.